The zero-order valence-corrected chi connectivity index (χ0v) is 13.8. The van der Waals surface area contributed by atoms with Crippen LogP contribution in [0, 0.1) is 0 Å². The molecule has 2 heterocycles. The normalized spacial score (nSPS) is 14.9. The summed E-state index contributed by atoms with van der Waals surface area (Å²) in [6, 6.07) is 0. The van der Waals surface area contributed by atoms with Crippen molar-refractivity contribution in [2.45, 2.75) is 38.0 Å². The van der Waals surface area contributed by atoms with E-state index in [0.29, 0.717) is 5.82 Å². The van der Waals surface area contributed by atoms with Crippen molar-refractivity contribution in [1.82, 2.24) is 30.7 Å². The highest BCUT2D eigenvalue weighted by Gasteiger charge is 2.23. The van der Waals surface area contributed by atoms with Gasteiger partial charge in [0.1, 0.15) is 5.69 Å². The summed E-state index contributed by atoms with van der Waals surface area (Å²) in [5.74, 6) is 0.0648. The third kappa shape index (κ3) is 4.59. The molecule has 9 nitrogen and oxygen atoms in total. The Morgan fingerprint density at radius 3 is 2.56 bits per heavy atom. The van der Waals surface area contributed by atoms with Crippen LogP contribution in [0.15, 0.2) is 23.1 Å². The molecule has 2 aromatic rings. The number of hydrogen-bond donors (Lipinski definition) is 2. The van der Waals surface area contributed by atoms with Crippen LogP contribution in [0.3, 0.4) is 0 Å². The second-order valence-corrected chi connectivity index (χ2v) is 5.90. The number of nitrogens with zero attached hydrogens (tertiary/aromatic N) is 4. The van der Waals surface area contributed by atoms with Crippen LogP contribution >= 0.6 is 0 Å². The zero-order chi connectivity index (χ0) is 17.5. The second-order valence-electron chi connectivity index (χ2n) is 5.90. The summed E-state index contributed by atoms with van der Waals surface area (Å²) >= 11 is 0. The highest BCUT2D eigenvalue weighted by Crippen LogP contribution is 2.30. The molecule has 25 heavy (non-hydrogen) atoms. The van der Waals surface area contributed by atoms with E-state index in [2.05, 4.69) is 30.7 Å². The molecule has 2 aromatic heterocycles. The average Bonchev–Trinajstić information content (AvgIpc) is 3.16. The van der Waals surface area contributed by atoms with Gasteiger partial charge in [0, 0.05) is 31.4 Å². The molecule has 0 radical (unpaired) electrons. The molecule has 0 aromatic carbocycles. The van der Waals surface area contributed by atoms with E-state index in [1.165, 1.54) is 25.0 Å². The molecule has 1 aliphatic carbocycles. The Labute approximate surface area is 144 Å². The van der Waals surface area contributed by atoms with Crippen LogP contribution in [-0.2, 0) is 0 Å². The maximum atomic E-state index is 12.0. The molecule has 1 saturated carbocycles. The van der Waals surface area contributed by atoms with Crippen molar-refractivity contribution in [3.63, 3.8) is 0 Å². The Morgan fingerprint density at radius 2 is 1.84 bits per heavy atom. The van der Waals surface area contributed by atoms with E-state index < -0.39 is 5.91 Å². The molecule has 132 valence electrons. The first-order valence-electron chi connectivity index (χ1n) is 8.40. The zero-order valence-electron chi connectivity index (χ0n) is 13.8. The molecule has 0 saturated heterocycles. The van der Waals surface area contributed by atoms with E-state index in [4.69, 9.17) is 4.52 Å². The molecule has 1 aliphatic rings. The molecule has 0 spiro atoms. The van der Waals surface area contributed by atoms with Gasteiger partial charge in [0.05, 0.1) is 6.20 Å². The van der Waals surface area contributed by atoms with Gasteiger partial charge in [-0.25, -0.2) is 4.98 Å². The van der Waals surface area contributed by atoms with Gasteiger partial charge in [-0.15, -0.1) is 0 Å². The van der Waals surface area contributed by atoms with Crippen LogP contribution < -0.4 is 10.6 Å². The summed E-state index contributed by atoms with van der Waals surface area (Å²) in [7, 11) is 0. The molecule has 2 amide bonds. The maximum Gasteiger partial charge on any atom is 0.315 e. The maximum absolute atomic E-state index is 12.0. The lowest BCUT2D eigenvalue weighted by Crippen LogP contribution is -2.35. The fourth-order valence-corrected chi connectivity index (χ4v) is 2.79. The molecule has 1 fully saturated rings. The summed E-state index contributed by atoms with van der Waals surface area (Å²) < 4.78 is 5.05. The molecule has 0 bridgehead atoms. The molecule has 0 aliphatic heterocycles. The summed E-state index contributed by atoms with van der Waals surface area (Å²) in [6.45, 7) is 0.497. The van der Waals surface area contributed by atoms with Gasteiger partial charge in [-0.05, 0) is 12.8 Å². The summed E-state index contributed by atoms with van der Waals surface area (Å²) in [5.41, 5.74) is 0.225. The van der Waals surface area contributed by atoms with Crippen LogP contribution in [0.1, 0.15) is 65.0 Å². The number of aromatic nitrogens is 4. The Hall–Kier alpha value is -2.84. The van der Waals surface area contributed by atoms with E-state index in [1.807, 2.05) is 0 Å². The number of carbonyl (C=O) groups excluding carboxylic acids is 2. The van der Waals surface area contributed by atoms with Gasteiger partial charge in [-0.3, -0.25) is 14.6 Å². The lowest BCUT2D eigenvalue weighted by Gasteiger charge is -2.17. The van der Waals surface area contributed by atoms with Crippen molar-refractivity contribution in [2.24, 2.45) is 0 Å². The first kappa shape index (κ1) is 17.0. The molecule has 3 rings (SSSR count). The SMILES string of the molecule is O=C(NCCNC(=O)c1nc(C2CCCCC2)no1)c1cnccn1. The van der Waals surface area contributed by atoms with Crippen molar-refractivity contribution in [2.75, 3.05) is 13.1 Å². The third-order valence-corrected chi connectivity index (χ3v) is 4.10. The standard InChI is InChI=1S/C16H20N6O3/c23-14(12-10-17-6-7-18-12)19-8-9-20-15(24)16-21-13(22-25-16)11-4-2-1-3-5-11/h6-7,10-11H,1-5,8-9H2,(H,19,23)(H,20,24). The summed E-state index contributed by atoms with van der Waals surface area (Å²) in [4.78, 5) is 35.7. The molecular formula is C16H20N6O3. The van der Waals surface area contributed by atoms with Crippen molar-refractivity contribution in [3.05, 3.63) is 36.0 Å². The largest absolute Gasteiger partial charge is 0.349 e. The third-order valence-electron chi connectivity index (χ3n) is 4.10. The highest BCUT2D eigenvalue weighted by atomic mass is 16.5. The topological polar surface area (TPSA) is 123 Å². The van der Waals surface area contributed by atoms with Crippen LogP contribution in [0.2, 0.25) is 0 Å². The fourth-order valence-electron chi connectivity index (χ4n) is 2.79. The van der Waals surface area contributed by atoms with Crippen LogP contribution in [0.4, 0.5) is 0 Å². The van der Waals surface area contributed by atoms with Gasteiger partial charge in [-0.2, -0.15) is 4.98 Å². The predicted octanol–water partition coefficient (Wildman–Crippen LogP) is 1.07. The number of hydrogen-bond acceptors (Lipinski definition) is 7. The Kier molecular flexibility index (Phi) is 5.65. The predicted molar refractivity (Wildman–Crippen MR) is 86.8 cm³/mol. The van der Waals surface area contributed by atoms with E-state index in [1.54, 1.807) is 0 Å². The Bertz CT molecular complexity index is 712. The minimum absolute atomic E-state index is 0.0409. The van der Waals surface area contributed by atoms with Gasteiger partial charge in [-0.1, -0.05) is 24.4 Å². The monoisotopic (exact) mass is 344 g/mol. The smallest absolute Gasteiger partial charge is 0.315 e. The second kappa shape index (κ2) is 8.32. The molecule has 0 atom stereocenters. The van der Waals surface area contributed by atoms with Gasteiger partial charge < -0.3 is 15.2 Å². The molecule has 0 unspecified atom stereocenters. The first-order valence-corrected chi connectivity index (χ1v) is 8.40. The summed E-state index contributed by atoms with van der Waals surface area (Å²) in [5, 5.41) is 9.20. The van der Waals surface area contributed by atoms with Crippen molar-refractivity contribution >= 4 is 11.8 Å². The van der Waals surface area contributed by atoms with Crippen molar-refractivity contribution < 1.29 is 14.1 Å². The lowest BCUT2D eigenvalue weighted by atomic mass is 9.89. The molecule has 9 heteroatoms. The Morgan fingerprint density at radius 1 is 1.08 bits per heavy atom. The number of rotatable bonds is 6. The number of nitrogens with one attached hydrogen (secondary N) is 2. The first-order chi connectivity index (χ1) is 12.2. The van der Waals surface area contributed by atoms with Gasteiger partial charge >= 0.3 is 11.8 Å². The Balaban J connectivity index is 1.42. The minimum Gasteiger partial charge on any atom is -0.349 e. The van der Waals surface area contributed by atoms with Crippen LogP contribution in [0.25, 0.3) is 0 Å². The fraction of sp³-hybridized carbons (Fsp3) is 0.500. The highest BCUT2D eigenvalue weighted by molar-refractivity contribution is 5.92. The van der Waals surface area contributed by atoms with Crippen molar-refractivity contribution in [1.29, 1.82) is 0 Å². The minimum atomic E-state index is -0.441. The lowest BCUT2D eigenvalue weighted by molar-refractivity contribution is 0.0897. The van der Waals surface area contributed by atoms with Crippen LogP contribution in [0.5, 0.6) is 0 Å². The van der Waals surface area contributed by atoms with Crippen LogP contribution in [-0.4, -0.2) is 45.0 Å². The number of amides is 2. The van der Waals surface area contributed by atoms with E-state index in [9.17, 15) is 9.59 Å². The van der Waals surface area contributed by atoms with E-state index in [0.717, 1.165) is 25.7 Å². The van der Waals surface area contributed by atoms with E-state index >= 15 is 0 Å². The van der Waals surface area contributed by atoms with Gasteiger partial charge in [0.25, 0.3) is 5.91 Å². The average molecular weight is 344 g/mol. The molecule has 2 N–H and O–H groups in total. The van der Waals surface area contributed by atoms with E-state index in [-0.39, 0.29) is 36.5 Å². The number of carbonyl (C=O) groups is 2. The van der Waals surface area contributed by atoms with Gasteiger partial charge in [0.2, 0.25) is 0 Å². The summed E-state index contributed by atoms with van der Waals surface area (Å²) in [6.07, 6.45) is 9.93. The quantitative estimate of drug-likeness (QED) is 0.751. The van der Waals surface area contributed by atoms with Crippen molar-refractivity contribution in [3.8, 4) is 0 Å². The molecular weight excluding hydrogens is 324 g/mol. The van der Waals surface area contributed by atoms with Gasteiger partial charge in [0.15, 0.2) is 5.82 Å².